The Bertz CT molecular complexity index is 1580. The number of ether oxygens (including phenoxy) is 1. The number of nitriles is 2. The third-order valence-electron chi connectivity index (χ3n) is 6.05. The number of benzene rings is 3. The number of aromatic nitrogens is 3. The van der Waals surface area contributed by atoms with E-state index in [0.29, 0.717) is 17.9 Å². The Kier molecular flexibility index (Phi) is 6.05. The molecule has 35 heavy (non-hydrogen) atoms. The van der Waals surface area contributed by atoms with Gasteiger partial charge in [0, 0.05) is 18.8 Å². The first kappa shape index (κ1) is 22.0. The zero-order valence-corrected chi connectivity index (χ0v) is 19.1. The van der Waals surface area contributed by atoms with Crippen molar-refractivity contribution in [2.24, 2.45) is 7.05 Å². The van der Waals surface area contributed by atoms with Crippen LogP contribution in [-0.4, -0.2) is 14.5 Å². The predicted molar refractivity (Wildman–Crippen MR) is 133 cm³/mol. The standard InChI is InChI=1S/C29H21N5O/c1-34-19-32-17-28(34)29(22-11-12-24(15-31)33-16-22)35-18-23-10-9-20(14-30)13-27(23)26-8-4-6-21-5-2-3-7-25(21)26/h2-13,16-17,19,29H,18H2,1H3. The van der Waals surface area contributed by atoms with E-state index in [-0.39, 0.29) is 0 Å². The van der Waals surface area contributed by atoms with Crippen LogP contribution in [0.3, 0.4) is 0 Å². The minimum absolute atomic E-state index is 0.306. The molecule has 0 spiro atoms. The zero-order valence-electron chi connectivity index (χ0n) is 19.1. The highest BCUT2D eigenvalue weighted by molar-refractivity contribution is 5.97. The van der Waals surface area contributed by atoms with Crippen LogP contribution in [0.1, 0.15) is 34.2 Å². The van der Waals surface area contributed by atoms with Gasteiger partial charge in [-0.05, 0) is 45.7 Å². The van der Waals surface area contributed by atoms with Gasteiger partial charge in [-0.1, -0.05) is 54.6 Å². The number of rotatable bonds is 6. The molecule has 2 aromatic heterocycles. The Hall–Kier alpha value is -4.78. The van der Waals surface area contributed by atoms with E-state index >= 15 is 0 Å². The maximum atomic E-state index is 9.56. The molecule has 0 amide bonds. The Morgan fingerprint density at radius 1 is 0.914 bits per heavy atom. The normalized spacial score (nSPS) is 11.6. The first-order valence-electron chi connectivity index (χ1n) is 11.1. The van der Waals surface area contributed by atoms with Gasteiger partial charge in [-0.3, -0.25) is 0 Å². The molecule has 0 fully saturated rings. The van der Waals surface area contributed by atoms with Gasteiger partial charge in [0.15, 0.2) is 0 Å². The molecule has 0 N–H and O–H groups in total. The van der Waals surface area contributed by atoms with Crippen LogP contribution < -0.4 is 0 Å². The average Bonchev–Trinajstić information content (AvgIpc) is 3.34. The molecule has 5 rings (SSSR count). The number of hydrogen-bond acceptors (Lipinski definition) is 5. The maximum Gasteiger partial charge on any atom is 0.140 e. The molecule has 1 atom stereocenters. The average molecular weight is 456 g/mol. The third kappa shape index (κ3) is 4.39. The molecule has 0 saturated heterocycles. The lowest BCUT2D eigenvalue weighted by Crippen LogP contribution is -2.11. The van der Waals surface area contributed by atoms with Crippen molar-refractivity contribution < 1.29 is 4.74 Å². The van der Waals surface area contributed by atoms with Gasteiger partial charge >= 0.3 is 0 Å². The molecule has 0 aliphatic heterocycles. The van der Waals surface area contributed by atoms with Crippen LogP contribution >= 0.6 is 0 Å². The highest BCUT2D eigenvalue weighted by Gasteiger charge is 2.20. The molecule has 6 nitrogen and oxygen atoms in total. The fraction of sp³-hybridized carbons (Fsp3) is 0.103. The summed E-state index contributed by atoms with van der Waals surface area (Å²) in [7, 11) is 1.92. The van der Waals surface area contributed by atoms with Crippen molar-refractivity contribution in [1.82, 2.24) is 14.5 Å². The van der Waals surface area contributed by atoms with Gasteiger partial charge in [-0.25, -0.2) is 9.97 Å². The number of imidazole rings is 1. The summed E-state index contributed by atoms with van der Waals surface area (Å²) in [6, 6.07) is 27.9. The highest BCUT2D eigenvalue weighted by atomic mass is 16.5. The molecule has 2 heterocycles. The molecular weight excluding hydrogens is 434 g/mol. The number of nitrogens with zero attached hydrogens (tertiary/aromatic N) is 5. The van der Waals surface area contributed by atoms with E-state index in [1.165, 1.54) is 0 Å². The zero-order chi connectivity index (χ0) is 24.2. The van der Waals surface area contributed by atoms with Crippen molar-refractivity contribution in [1.29, 1.82) is 10.5 Å². The summed E-state index contributed by atoms with van der Waals surface area (Å²) in [5.74, 6) is 0. The van der Waals surface area contributed by atoms with Crippen LogP contribution in [0.2, 0.25) is 0 Å². The van der Waals surface area contributed by atoms with Gasteiger partial charge in [0.1, 0.15) is 17.9 Å². The maximum absolute atomic E-state index is 9.56. The molecule has 0 saturated carbocycles. The molecule has 3 aromatic carbocycles. The Morgan fingerprint density at radius 2 is 1.77 bits per heavy atom. The van der Waals surface area contributed by atoms with Crippen LogP contribution in [0.25, 0.3) is 21.9 Å². The Morgan fingerprint density at radius 3 is 2.51 bits per heavy atom. The van der Waals surface area contributed by atoms with E-state index in [0.717, 1.165) is 38.7 Å². The van der Waals surface area contributed by atoms with Gasteiger partial charge in [-0.2, -0.15) is 10.5 Å². The van der Waals surface area contributed by atoms with Gasteiger partial charge < -0.3 is 9.30 Å². The van der Waals surface area contributed by atoms with Crippen molar-refractivity contribution in [3.8, 4) is 23.3 Å². The van der Waals surface area contributed by atoms with Crippen LogP contribution in [0.5, 0.6) is 0 Å². The lowest BCUT2D eigenvalue weighted by atomic mass is 9.93. The van der Waals surface area contributed by atoms with Gasteiger partial charge in [-0.15, -0.1) is 0 Å². The molecule has 168 valence electrons. The minimum atomic E-state index is -0.432. The largest absolute Gasteiger partial charge is 0.362 e. The van der Waals surface area contributed by atoms with Crippen LogP contribution in [0, 0.1) is 22.7 Å². The molecule has 0 radical (unpaired) electrons. The van der Waals surface area contributed by atoms with Crippen molar-refractivity contribution in [3.63, 3.8) is 0 Å². The molecule has 0 aliphatic rings. The van der Waals surface area contributed by atoms with Crippen molar-refractivity contribution in [2.45, 2.75) is 12.7 Å². The first-order chi connectivity index (χ1) is 17.2. The lowest BCUT2D eigenvalue weighted by molar-refractivity contribution is 0.0622. The highest BCUT2D eigenvalue weighted by Crippen LogP contribution is 2.34. The summed E-state index contributed by atoms with van der Waals surface area (Å²) in [5.41, 5.74) is 5.62. The van der Waals surface area contributed by atoms with Crippen molar-refractivity contribution >= 4 is 10.8 Å². The Balaban J connectivity index is 1.55. The number of fused-ring (bicyclic) bond motifs is 1. The summed E-state index contributed by atoms with van der Waals surface area (Å²) < 4.78 is 8.40. The molecule has 6 heteroatoms. The number of pyridine rings is 1. The smallest absolute Gasteiger partial charge is 0.140 e. The number of hydrogen-bond donors (Lipinski definition) is 0. The fourth-order valence-corrected chi connectivity index (χ4v) is 4.25. The molecule has 0 aliphatic carbocycles. The van der Waals surface area contributed by atoms with E-state index in [1.807, 2.05) is 54.1 Å². The van der Waals surface area contributed by atoms with E-state index in [1.54, 1.807) is 24.8 Å². The quantitative estimate of drug-likeness (QED) is 0.328. The lowest BCUT2D eigenvalue weighted by Gasteiger charge is -2.20. The third-order valence-corrected chi connectivity index (χ3v) is 6.05. The van der Waals surface area contributed by atoms with Crippen LogP contribution in [-0.2, 0) is 18.4 Å². The number of aryl methyl sites for hydroxylation is 1. The van der Waals surface area contributed by atoms with E-state index in [2.05, 4.69) is 46.4 Å². The van der Waals surface area contributed by atoms with Gasteiger partial charge in [0.2, 0.25) is 0 Å². The van der Waals surface area contributed by atoms with Crippen LogP contribution in [0.4, 0.5) is 0 Å². The van der Waals surface area contributed by atoms with E-state index < -0.39 is 6.10 Å². The second kappa shape index (κ2) is 9.61. The van der Waals surface area contributed by atoms with Gasteiger partial charge in [0.05, 0.1) is 36.5 Å². The first-order valence-corrected chi connectivity index (χ1v) is 11.1. The van der Waals surface area contributed by atoms with Crippen molar-refractivity contribution in [2.75, 3.05) is 0 Å². The second-order valence-corrected chi connectivity index (χ2v) is 8.22. The molecular formula is C29H21N5O. The monoisotopic (exact) mass is 455 g/mol. The van der Waals surface area contributed by atoms with E-state index in [9.17, 15) is 5.26 Å². The van der Waals surface area contributed by atoms with Crippen LogP contribution in [0.15, 0.2) is 91.5 Å². The second-order valence-electron chi connectivity index (χ2n) is 8.22. The predicted octanol–water partition coefficient (Wildman–Crippen LogP) is 5.68. The summed E-state index contributed by atoms with van der Waals surface area (Å²) >= 11 is 0. The Labute approximate surface area is 203 Å². The molecule has 0 bridgehead atoms. The fourth-order valence-electron chi connectivity index (χ4n) is 4.25. The van der Waals surface area contributed by atoms with Gasteiger partial charge in [0.25, 0.3) is 0 Å². The SMILES string of the molecule is Cn1cncc1C(OCc1ccc(C#N)cc1-c1cccc2ccccc12)c1ccc(C#N)nc1. The summed E-state index contributed by atoms with van der Waals surface area (Å²) in [4.78, 5) is 8.48. The van der Waals surface area contributed by atoms with E-state index in [4.69, 9.17) is 10.00 Å². The molecule has 5 aromatic rings. The summed E-state index contributed by atoms with van der Waals surface area (Å²) in [5, 5.41) is 20.9. The molecule has 1 unspecified atom stereocenters. The summed E-state index contributed by atoms with van der Waals surface area (Å²) in [6.07, 6.45) is 4.73. The van der Waals surface area contributed by atoms with Crippen molar-refractivity contribution in [3.05, 3.63) is 120 Å². The summed E-state index contributed by atoms with van der Waals surface area (Å²) in [6.45, 7) is 0.306. The topological polar surface area (TPSA) is 87.5 Å². The minimum Gasteiger partial charge on any atom is -0.362 e.